The van der Waals surface area contributed by atoms with Gasteiger partial charge in [-0.15, -0.1) is 0 Å². The van der Waals surface area contributed by atoms with Crippen molar-refractivity contribution in [1.82, 2.24) is 15.6 Å². The van der Waals surface area contributed by atoms with Gasteiger partial charge in [0.25, 0.3) is 5.91 Å². The van der Waals surface area contributed by atoms with E-state index >= 15 is 8.78 Å². The number of halogens is 2. The summed E-state index contributed by atoms with van der Waals surface area (Å²) in [5.41, 5.74) is 11.1. The fourth-order valence-electron chi connectivity index (χ4n) is 5.95. The van der Waals surface area contributed by atoms with Crippen LogP contribution in [0.2, 0.25) is 0 Å². The number of anilines is 1. The molecule has 192 valence electrons. The molecule has 0 aliphatic carbocycles. The number of nitrogens with zero attached hydrogens (tertiary/aromatic N) is 1. The molecule has 0 radical (unpaired) electrons. The lowest BCUT2D eigenvalue weighted by molar-refractivity contribution is 0.0850. The van der Waals surface area contributed by atoms with Gasteiger partial charge in [-0.05, 0) is 91.1 Å². The van der Waals surface area contributed by atoms with E-state index in [9.17, 15) is 4.79 Å². The molecule has 4 N–H and O–H groups in total. The van der Waals surface area contributed by atoms with Crippen LogP contribution in [0, 0.1) is 11.8 Å². The average molecular weight is 505 g/mol. The Morgan fingerprint density at radius 3 is 2.54 bits per heavy atom. The highest BCUT2D eigenvalue weighted by molar-refractivity contribution is 5.97. The number of nitrogens with one attached hydrogen (secondary N) is 2. The van der Waals surface area contributed by atoms with E-state index in [0.717, 1.165) is 51.0 Å². The lowest BCUT2D eigenvalue weighted by Crippen LogP contribution is -2.32. The summed E-state index contributed by atoms with van der Waals surface area (Å²) in [6.45, 7) is 2.94. The molecule has 0 unspecified atom stereocenters. The second-order valence-corrected chi connectivity index (χ2v) is 10.1. The number of pyridine rings is 1. The zero-order valence-corrected chi connectivity index (χ0v) is 20.6. The van der Waals surface area contributed by atoms with Crippen LogP contribution in [0.4, 0.5) is 14.6 Å². The van der Waals surface area contributed by atoms with Crippen LogP contribution >= 0.6 is 0 Å². The molecule has 8 heteroatoms. The van der Waals surface area contributed by atoms with Crippen LogP contribution in [0.1, 0.15) is 64.7 Å². The number of aromatic nitrogens is 1. The maximum absolute atomic E-state index is 15.3. The molecule has 2 aromatic carbocycles. The number of fused-ring (bicyclic) bond motifs is 1. The lowest BCUT2D eigenvalue weighted by Gasteiger charge is -2.27. The van der Waals surface area contributed by atoms with E-state index in [4.69, 9.17) is 10.5 Å². The smallest absolute Gasteiger partial charge is 0.251 e. The monoisotopic (exact) mass is 504 g/mol. The molecule has 0 saturated carbocycles. The minimum Gasteiger partial charge on any atom is -0.383 e. The molecule has 3 aliphatic rings. The Hall–Kier alpha value is -3.36. The zero-order valence-electron chi connectivity index (χ0n) is 20.6. The standard InChI is InChI=1S/C29H30F2N4O2/c30-25-15-21-18(5-9-34-29(21)36)12-22(25)24-14-20(27(31)35-28(24)32)17-3-4-19(16-6-10-37-11-7-16)23(13-17)26-2-1-8-33-26/h3-4,12-16,26,33H,1-2,5-11H2,(H2,32,35)(H,34,36)/t26-/m0/s1. The summed E-state index contributed by atoms with van der Waals surface area (Å²) in [5, 5.41) is 6.32. The molecule has 1 atom stereocenters. The molecule has 1 amide bonds. The van der Waals surface area contributed by atoms with Crippen LogP contribution in [-0.4, -0.2) is 37.2 Å². The molecular formula is C29H30F2N4O2. The number of nitrogens with two attached hydrogens (primary N) is 1. The number of carbonyl (C=O) groups is 1. The summed E-state index contributed by atoms with van der Waals surface area (Å²) in [4.78, 5) is 16.1. The minimum absolute atomic E-state index is 0.0862. The van der Waals surface area contributed by atoms with E-state index in [0.29, 0.717) is 35.6 Å². The first kappa shape index (κ1) is 24.0. The summed E-state index contributed by atoms with van der Waals surface area (Å²) in [6, 6.07) is 10.8. The lowest BCUT2D eigenvalue weighted by atomic mass is 9.84. The van der Waals surface area contributed by atoms with Gasteiger partial charge in [-0.2, -0.15) is 4.39 Å². The number of amides is 1. The second-order valence-electron chi connectivity index (χ2n) is 10.1. The van der Waals surface area contributed by atoms with Gasteiger partial charge in [0.2, 0.25) is 5.95 Å². The van der Waals surface area contributed by atoms with E-state index in [-0.39, 0.29) is 28.9 Å². The largest absolute Gasteiger partial charge is 0.383 e. The van der Waals surface area contributed by atoms with Gasteiger partial charge in [0.05, 0.1) is 0 Å². The van der Waals surface area contributed by atoms with E-state index in [1.165, 1.54) is 17.2 Å². The van der Waals surface area contributed by atoms with Crippen LogP contribution in [-0.2, 0) is 11.2 Å². The highest BCUT2D eigenvalue weighted by Crippen LogP contribution is 2.40. The Balaban J connectivity index is 1.44. The number of ether oxygens (including phenoxy) is 1. The van der Waals surface area contributed by atoms with Crippen LogP contribution in [0.5, 0.6) is 0 Å². The quantitative estimate of drug-likeness (QED) is 0.441. The van der Waals surface area contributed by atoms with Crippen molar-refractivity contribution >= 4 is 11.7 Å². The summed E-state index contributed by atoms with van der Waals surface area (Å²) in [5.74, 6) is -1.25. The molecule has 6 rings (SSSR count). The number of hydrogen-bond donors (Lipinski definition) is 3. The third kappa shape index (κ3) is 4.49. The third-order valence-electron chi connectivity index (χ3n) is 7.91. The Labute approximate surface area is 214 Å². The predicted molar refractivity (Wildman–Crippen MR) is 138 cm³/mol. The number of hydrogen-bond acceptors (Lipinski definition) is 5. The van der Waals surface area contributed by atoms with Gasteiger partial charge >= 0.3 is 0 Å². The summed E-state index contributed by atoms with van der Waals surface area (Å²) < 4.78 is 36.0. The fourth-order valence-corrected chi connectivity index (χ4v) is 5.95. The van der Waals surface area contributed by atoms with Crippen LogP contribution in [0.25, 0.3) is 22.3 Å². The van der Waals surface area contributed by atoms with Crippen molar-refractivity contribution in [1.29, 1.82) is 0 Å². The topological polar surface area (TPSA) is 89.3 Å². The fraction of sp³-hybridized carbons (Fsp3) is 0.379. The van der Waals surface area contributed by atoms with Crippen molar-refractivity contribution in [2.75, 3.05) is 32.0 Å². The molecule has 0 bridgehead atoms. The maximum atomic E-state index is 15.3. The first-order chi connectivity index (χ1) is 18.0. The van der Waals surface area contributed by atoms with Crippen molar-refractivity contribution in [2.45, 2.75) is 44.1 Å². The average Bonchev–Trinajstić information content (AvgIpc) is 3.45. The molecule has 1 aromatic heterocycles. The highest BCUT2D eigenvalue weighted by atomic mass is 19.1. The normalized spacial score (nSPS) is 20.1. The molecule has 3 aliphatic heterocycles. The Bertz CT molecular complexity index is 1360. The minimum atomic E-state index is -0.692. The molecule has 37 heavy (non-hydrogen) atoms. The Morgan fingerprint density at radius 2 is 1.76 bits per heavy atom. The summed E-state index contributed by atoms with van der Waals surface area (Å²) >= 11 is 0. The van der Waals surface area contributed by atoms with Gasteiger partial charge in [-0.3, -0.25) is 4.79 Å². The SMILES string of the molecule is Nc1nc(F)c(-c2ccc(C3CCOCC3)c([C@@H]3CCCN3)c2)cc1-c1cc2c(cc1F)C(=O)NCC2. The van der Waals surface area contributed by atoms with E-state index in [2.05, 4.69) is 27.8 Å². The van der Waals surface area contributed by atoms with Gasteiger partial charge < -0.3 is 21.1 Å². The molecule has 0 spiro atoms. The highest BCUT2D eigenvalue weighted by Gasteiger charge is 2.27. The molecule has 4 heterocycles. The second kappa shape index (κ2) is 9.84. The number of rotatable bonds is 4. The van der Waals surface area contributed by atoms with Crippen LogP contribution in [0.15, 0.2) is 36.4 Å². The third-order valence-corrected chi connectivity index (χ3v) is 7.91. The van der Waals surface area contributed by atoms with Crippen LogP contribution < -0.4 is 16.4 Å². The van der Waals surface area contributed by atoms with E-state index < -0.39 is 11.8 Å². The van der Waals surface area contributed by atoms with Crippen molar-refractivity contribution < 1.29 is 18.3 Å². The first-order valence-corrected chi connectivity index (χ1v) is 13.0. The van der Waals surface area contributed by atoms with Crippen molar-refractivity contribution in [3.05, 3.63) is 70.4 Å². The van der Waals surface area contributed by atoms with Crippen molar-refractivity contribution in [3.8, 4) is 22.3 Å². The molecular weight excluding hydrogens is 474 g/mol. The Kier molecular flexibility index (Phi) is 6.38. The van der Waals surface area contributed by atoms with Crippen LogP contribution in [0.3, 0.4) is 0 Å². The van der Waals surface area contributed by atoms with Gasteiger partial charge in [-0.25, -0.2) is 9.37 Å². The van der Waals surface area contributed by atoms with Gasteiger partial charge in [0.15, 0.2) is 0 Å². The van der Waals surface area contributed by atoms with Crippen molar-refractivity contribution in [2.24, 2.45) is 0 Å². The first-order valence-electron chi connectivity index (χ1n) is 13.0. The van der Waals surface area contributed by atoms with Gasteiger partial charge in [0.1, 0.15) is 11.6 Å². The maximum Gasteiger partial charge on any atom is 0.251 e. The Morgan fingerprint density at radius 1 is 0.919 bits per heavy atom. The molecule has 3 aromatic rings. The number of nitrogen functional groups attached to an aromatic ring is 1. The van der Waals surface area contributed by atoms with E-state index in [1.54, 1.807) is 12.1 Å². The summed E-state index contributed by atoms with van der Waals surface area (Å²) in [7, 11) is 0. The number of carbonyl (C=O) groups excluding carboxylic acids is 1. The van der Waals surface area contributed by atoms with Gasteiger partial charge in [-0.1, -0.05) is 12.1 Å². The molecule has 6 nitrogen and oxygen atoms in total. The van der Waals surface area contributed by atoms with Gasteiger partial charge in [0, 0.05) is 48.1 Å². The number of benzene rings is 2. The summed E-state index contributed by atoms with van der Waals surface area (Å²) in [6.07, 6.45) is 4.65. The molecule has 2 saturated heterocycles. The predicted octanol–water partition coefficient (Wildman–Crippen LogP) is 4.88. The zero-order chi connectivity index (χ0) is 25.5. The molecule has 2 fully saturated rings. The van der Waals surface area contributed by atoms with Crippen molar-refractivity contribution in [3.63, 3.8) is 0 Å². The van der Waals surface area contributed by atoms with E-state index in [1.807, 2.05) is 6.07 Å².